The lowest BCUT2D eigenvalue weighted by Gasteiger charge is -2.11. The van der Waals surface area contributed by atoms with Gasteiger partial charge in [0, 0.05) is 12.6 Å². The molecule has 6 nitrogen and oxygen atoms in total. The zero-order chi connectivity index (χ0) is 17.7. The minimum atomic E-state index is -3.90. The number of nitrogens with two attached hydrogens (primary N) is 1. The van der Waals surface area contributed by atoms with E-state index in [2.05, 4.69) is 5.32 Å². The van der Waals surface area contributed by atoms with Crippen LogP contribution in [0.4, 0.5) is 14.5 Å². The van der Waals surface area contributed by atoms with Crippen molar-refractivity contribution in [3.8, 4) is 11.8 Å². The van der Waals surface area contributed by atoms with Gasteiger partial charge in [-0.15, -0.1) is 0 Å². The molecule has 0 aliphatic rings. The average Bonchev–Trinajstić information content (AvgIpc) is 2.52. The number of ether oxygens (including phenoxy) is 1. The smallest absolute Gasteiger partial charge is 0.238 e. The first-order valence-corrected chi connectivity index (χ1v) is 8.24. The predicted octanol–water partition coefficient (Wildman–Crippen LogP) is 1.97. The SMILES string of the molecule is N#Cc1cc(S(N)(=O)=O)ccc1NCCOc1ccc(F)cc1F. The highest BCUT2D eigenvalue weighted by Gasteiger charge is 2.11. The fourth-order valence-electron chi connectivity index (χ4n) is 1.89. The fourth-order valence-corrected chi connectivity index (χ4v) is 2.43. The van der Waals surface area contributed by atoms with Gasteiger partial charge in [0.2, 0.25) is 10.0 Å². The highest BCUT2D eigenvalue weighted by Crippen LogP contribution is 2.20. The average molecular weight is 353 g/mol. The predicted molar refractivity (Wildman–Crippen MR) is 82.9 cm³/mol. The van der Waals surface area contributed by atoms with Gasteiger partial charge in [0.05, 0.1) is 16.1 Å². The van der Waals surface area contributed by atoms with E-state index in [4.69, 9.17) is 15.1 Å². The molecule has 3 N–H and O–H groups in total. The molecule has 0 spiro atoms. The summed E-state index contributed by atoms with van der Waals surface area (Å²) in [4.78, 5) is -0.172. The van der Waals surface area contributed by atoms with Crippen LogP contribution < -0.4 is 15.2 Å². The number of hydrogen-bond donors (Lipinski definition) is 2. The normalized spacial score (nSPS) is 10.9. The number of nitrogens with one attached hydrogen (secondary N) is 1. The van der Waals surface area contributed by atoms with E-state index < -0.39 is 21.7 Å². The van der Waals surface area contributed by atoms with Gasteiger partial charge in [0.25, 0.3) is 0 Å². The fraction of sp³-hybridized carbons (Fsp3) is 0.133. The first-order chi connectivity index (χ1) is 11.3. The van der Waals surface area contributed by atoms with Gasteiger partial charge in [-0.2, -0.15) is 5.26 Å². The summed E-state index contributed by atoms with van der Waals surface area (Å²) in [5.41, 5.74) is 0.475. The van der Waals surface area contributed by atoms with E-state index in [0.29, 0.717) is 11.8 Å². The van der Waals surface area contributed by atoms with Crippen molar-refractivity contribution in [2.45, 2.75) is 4.90 Å². The maximum atomic E-state index is 13.4. The Hall–Kier alpha value is -2.70. The maximum Gasteiger partial charge on any atom is 0.238 e. The molecule has 0 bridgehead atoms. The van der Waals surface area contributed by atoms with Gasteiger partial charge in [-0.25, -0.2) is 22.3 Å². The summed E-state index contributed by atoms with van der Waals surface area (Å²) in [5, 5.41) is 16.9. The van der Waals surface area contributed by atoms with Crippen LogP contribution in [0.2, 0.25) is 0 Å². The lowest BCUT2D eigenvalue weighted by atomic mass is 10.2. The number of nitriles is 1. The molecule has 0 saturated carbocycles. The van der Waals surface area contributed by atoms with Crippen molar-refractivity contribution < 1.29 is 21.9 Å². The number of hydrogen-bond acceptors (Lipinski definition) is 5. The molecule has 9 heteroatoms. The Labute approximate surface area is 137 Å². The standard InChI is InChI=1S/C15H13F2N3O3S/c16-11-1-4-15(13(17)8-11)23-6-5-20-14-3-2-12(24(19,21)22)7-10(14)9-18/h1-4,7-8,20H,5-6H2,(H2,19,21,22). The van der Waals surface area contributed by atoms with Crippen molar-refractivity contribution in [2.24, 2.45) is 5.14 Å². The molecule has 0 aromatic heterocycles. The summed E-state index contributed by atoms with van der Waals surface area (Å²) in [5.74, 6) is -1.61. The number of primary sulfonamides is 1. The summed E-state index contributed by atoms with van der Waals surface area (Å²) >= 11 is 0. The zero-order valence-electron chi connectivity index (χ0n) is 12.3. The first kappa shape index (κ1) is 17.7. The highest BCUT2D eigenvalue weighted by atomic mass is 32.2. The molecule has 0 aliphatic carbocycles. The molecule has 126 valence electrons. The monoisotopic (exact) mass is 353 g/mol. The van der Waals surface area contributed by atoms with Crippen LogP contribution in [0.3, 0.4) is 0 Å². The summed E-state index contributed by atoms with van der Waals surface area (Å²) in [7, 11) is -3.90. The third kappa shape index (κ3) is 4.41. The molecule has 0 radical (unpaired) electrons. The Balaban J connectivity index is 1.98. The number of nitrogens with zero attached hydrogens (tertiary/aromatic N) is 1. The maximum absolute atomic E-state index is 13.4. The van der Waals surface area contributed by atoms with Crippen LogP contribution in [0.5, 0.6) is 5.75 Å². The van der Waals surface area contributed by atoms with Crippen LogP contribution in [0.25, 0.3) is 0 Å². The van der Waals surface area contributed by atoms with Crippen LogP contribution in [0, 0.1) is 23.0 Å². The Bertz CT molecular complexity index is 895. The van der Waals surface area contributed by atoms with Gasteiger partial charge in [-0.1, -0.05) is 0 Å². The van der Waals surface area contributed by atoms with Crippen molar-refractivity contribution >= 4 is 15.7 Å². The number of sulfonamides is 1. The topological polar surface area (TPSA) is 105 Å². The summed E-state index contributed by atoms with van der Waals surface area (Å²) in [6, 6.07) is 8.63. The molecule has 2 aromatic carbocycles. The Morgan fingerprint density at radius 1 is 1.21 bits per heavy atom. The van der Waals surface area contributed by atoms with Crippen LogP contribution >= 0.6 is 0 Å². The van der Waals surface area contributed by atoms with Crippen molar-refractivity contribution in [1.82, 2.24) is 0 Å². The summed E-state index contributed by atoms with van der Waals surface area (Å²) < 4.78 is 53.8. The lowest BCUT2D eigenvalue weighted by Crippen LogP contribution is -2.15. The van der Waals surface area contributed by atoms with Crippen molar-refractivity contribution in [2.75, 3.05) is 18.5 Å². The second-order valence-corrected chi connectivity index (χ2v) is 6.28. The zero-order valence-corrected chi connectivity index (χ0v) is 13.1. The van der Waals surface area contributed by atoms with E-state index >= 15 is 0 Å². The van der Waals surface area contributed by atoms with Gasteiger partial charge in [-0.3, -0.25) is 0 Å². The molecule has 0 unspecified atom stereocenters. The number of rotatable bonds is 6. The molecule has 2 aromatic rings. The number of benzene rings is 2. The Morgan fingerprint density at radius 2 is 1.96 bits per heavy atom. The molecule has 0 saturated heterocycles. The third-order valence-electron chi connectivity index (χ3n) is 3.01. The second kappa shape index (κ2) is 7.25. The van der Waals surface area contributed by atoms with E-state index in [-0.39, 0.29) is 29.4 Å². The van der Waals surface area contributed by atoms with Crippen molar-refractivity contribution in [3.63, 3.8) is 0 Å². The first-order valence-electron chi connectivity index (χ1n) is 6.70. The van der Waals surface area contributed by atoms with Crippen molar-refractivity contribution in [1.29, 1.82) is 5.26 Å². The largest absolute Gasteiger partial charge is 0.489 e. The second-order valence-electron chi connectivity index (χ2n) is 4.71. The number of halogens is 2. The van der Waals surface area contributed by atoms with Crippen LogP contribution in [-0.4, -0.2) is 21.6 Å². The molecule has 0 amide bonds. The van der Waals surface area contributed by atoms with Gasteiger partial charge in [0.1, 0.15) is 18.5 Å². The molecule has 0 aliphatic heterocycles. The van der Waals surface area contributed by atoms with Crippen LogP contribution in [0.15, 0.2) is 41.3 Å². The van der Waals surface area contributed by atoms with E-state index in [1.54, 1.807) is 0 Å². The summed E-state index contributed by atoms with van der Waals surface area (Å²) in [6.45, 7) is 0.255. The van der Waals surface area contributed by atoms with Crippen molar-refractivity contribution in [3.05, 3.63) is 53.6 Å². The Kier molecular flexibility index (Phi) is 5.33. The summed E-state index contributed by atoms with van der Waals surface area (Å²) in [6.07, 6.45) is 0. The van der Waals surface area contributed by atoms with Crippen LogP contribution in [0.1, 0.15) is 5.56 Å². The van der Waals surface area contributed by atoms with E-state index in [1.807, 2.05) is 6.07 Å². The highest BCUT2D eigenvalue weighted by molar-refractivity contribution is 7.89. The lowest BCUT2D eigenvalue weighted by molar-refractivity contribution is 0.314. The van der Waals surface area contributed by atoms with Crippen LogP contribution in [-0.2, 0) is 10.0 Å². The van der Waals surface area contributed by atoms with Gasteiger partial charge < -0.3 is 10.1 Å². The quantitative estimate of drug-likeness (QED) is 0.773. The third-order valence-corrected chi connectivity index (χ3v) is 3.92. The minimum absolute atomic E-state index is 0.0460. The molecule has 0 atom stereocenters. The van der Waals surface area contributed by atoms with Gasteiger partial charge in [0.15, 0.2) is 11.6 Å². The molecular weight excluding hydrogens is 340 g/mol. The molecule has 24 heavy (non-hydrogen) atoms. The molecule has 0 fully saturated rings. The minimum Gasteiger partial charge on any atom is -0.489 e. The Morgan fingerprint density at radius 3 is 2.58 bits per heavy atom. The molecular formula is C15H13F2N3O3S. The van der Waals surface area contributed by atoms with E-state index in [9.17, 15) is 17.2 Å². The van der Waals surface area contributed by atoms with Gasteiger partial charge >= 0.3 is 0 Å². The molecule has 2 rings (SSSR count). The number of anilines is 1. The van der Waals surface area contributed by atoms with E-state index in [1.165, 1.54) is 18.2 Å². The van der Waals surface area contributed by atoms with E-state index in [0.717, 1.165) is 12.1 Å². The molecule has 0 heterocycles. The van der Waals surface area contributed by atoms with Gasteiger partial charge in [-0.05, 0) is 30.3 Å².